The zero-order valence-corrected chi connectivity index (χ0v) is 13.5. The fourth-order valence-corrected chi connectivity index (χ4v) is 3.82. The average molecular weight is 333 g/mol. The maximum absolute atomic E-state index is 5.37. The van der Waals surface area contributed by atoms with E-state index in [-0.39, 0.29) is 0 Å². The first-order chi connectivity index (χ1) is 10.9. The summed E-state index contributed by atoms with van der Waals surface area (Å²) in [6.07, 6.45) is 1.86. The van der Waals surface area contributed by atoms with E-state index in [1.54, 1.807) is 22.7 Å². The first-order valence-corrected chi connectivity index (χ1v) is 8.93. The van der Waals surface area contributed by atoms with Crippen molar-refractivity contribution in [2.75, 3.05) is 31.1 Å². The summed E-state index contributed by atoms with van der Waals surface area (Å²) in [6, 6.07) is 2.01. The second-order valence-electron chi connectivity index (χ2n) is 5.10. The smallest absolute Gasteiger partial charge is 0.241 e. The summed E-state index contributed by atoms with van der Waals surface area (Å²) in [4.78, 5) is 13.5. The zero-order valence-electron chi connectivity index (χ0n) is 11.9. The predicted octanol–water partition coefficient (Wildman–Crippen LogP) is 2.58. The summed E-state index contributed by atoms with van der Waals surface area (Å²) in [5, 5.41) is 11.2. The quantitative estimate of drug-likeness (QED) is 0.731. The number of anilines is 1. The molecular weight excluding hydrogens is 318 g/mol. The number of thiophene rings is 1. The van der Waals surface area contributed by atoms with E-state index < -0.39 is 0 Å². The molecule has 3 aromatic heterocycles. The van der Waals surface area contributed by atoms with Crippen LogP contribution in [0.3, 0.4) is 0 Å². The number of hydrogen-bond donors (Lipinski definition) is 0. The lowest BCUT2D eigenvalue weighted by Crippen LogP contribution is -2.46. The second kappa shape index (κ2) is 6.15. The highest BCUT2D eigenvalue weighted by atomic mass is 32.1. The van der Waals surface area contributed by atoms with E-state index in [9.17, 15) is 0 Å². The van der Waals surface area contributed by atoms with Gasteiger partial charge in [-0.3, -0.25) is 4.90 Å². The largest absolute Gasteiger partial charge is 0.346 e. The lowest BCUT2D eigenvalue weighted by Gasteiger charge is -2.33. The van der Waals surface area contributed by atoms with Crippen LogP contribution in [0.4, 0.5) is 5.13 Å². The van der Waals surface area contributed by atoms with E-state index in [0.29, 0.717) is 18.3 Å². The molecule has 1 aliphatic rings. The summed E-state index contributed by atoms with van der Waals surface area (Å²) in [6.45, 7) is 4.65. The Kier molecular flexibility index (Phi) is 3.88. The Morgan fingerprint density at radius 2 is 2.09 bits per heavy atom. The summed E-state index contributed by atoms with van der Waals surface area (Å²) in [5.74, 6) is 1.36. The fraction of sp³-hybridized carbons (Fsp3) is 0.357. The SMILES string of the molecule is c1csc(N2CCN(Cc3nc(-c4ccsc4)no3)CC2)n1. The van der Waals surface area contributed by atoms with Gasteiger partial charge in [-0.1, -0.05) is 5.16 Å². The van der Waals surface area contributed by atoms with Gasteiger partial charge in [-0.05, 0) is 11.4 Å². The Hall–Kier alpha value is -1.77. The summed E-state index contributed by atoms with van der Waals surface area (Å²) in [7, 11) is 0. The standard InChI is InChI=1S/C14H15N5OS2/c1-7-21-10-11(1)13-16-12(20-17-13)9-18-3-5-19(6-4-18)14-15-2-8-22-14/h1-2,7-8,10H,3-6,9H2. The van der Waals surface area contributed by atoms with Gasteiger partial charge in [0.25, 0.3) is 0 Å². The molecule has 1 fully saturated rings. The Labute approximate surface area is 136 Å². The van der Waals surface area contributed by atoms with Crippen molar-refractivity contribution in [1.82, 2.24) is 20.0 Å². The third-order valence-corrected chi connectivity index (χ3v) is 5.18. The maximum atomic E-state index is 5.37. The van der Waals surface area contributed by atoms with Crippen LogP contribution in [0.1, 0.15) is 5.89 Å². The molecule has 8 heteroatoms. The van der Waals surface area contributed by atoms with Crippen LogP contribution >= 0.6 is 22.7 Å². The number of thiazole rings is 1. The van der Waals surface area contributed by atoms with Gasteiger partial charge in [0.1, 0.15) is 0 Å². The van der Waals surface area contributed by atoms with Crippen LogP contribution in [0.2, 0.25) is 0 Å². The fourth-order valence-electron chi connectivity index (χ4n) is 2.49. The van der Waals surface area contributed by atoms with Gasteiger partial charge in [0.2, 0.25) is 11.7 Å². The maximum Gasteiger partial charge on any atom is 0.241 e. The minimum atomic E-state index is 0.678. The highest BCUT2D eigenvalue weighted by Crippen LogP contribution is 2.21. The lowest BCUT2D eigenvalue weighted by atomic mass is 10.3. The van der Waals surface area contributed by atoms with E-state index in [1.165, 1.54) is 0 Å². The summed E-state index contributed by atoms with van der Waals surface area (Å²) >= 11 is 3.33. The molecule has 0 aromatic carbocycles. The number of nitrogens with zero attached hydrogens (tertiary/aromatic N) is 5. The second-order valence-corrected chi connectivity index (χ2v) is 6.75. The molecule has 0 saturated carbocycles. The van der Waals surface area contributed by atoms with E-state index in [1.807, 2.05) is 28.4 Å². The van der Waals surface area contributed by atoms with Crippen LogP contribution in [-0.2, 0) is 6.54 Å². The number of hydrogen-bond acceptors (Lipinski definition) is 8. The van der Waals surface area contributed by atoms with Gasteiger partial charge in [0.05, 0.1) is 6.54 Å². The minimum absolute atomic E-state index is 0.678. The van der Waals surface area contributed by atoms with E-state index in [2.05, 4.69) is 24.9 Å². The van der Waals surface area contributed by atoms with Gasteiger partial charge in [-0.2, -0.15) is 16.3 Å². The van der Waals surface area contributed by atoms with Crippen LogP contribution in [0, 0.1) is 0 Å². The molecule has 0 unspecified atom stereocenters. The minimum Gasteiger partial charge on any atom is -0.346 e. The van der Waals surface area contributed by atoms with Gasteiger partial charge in [0.15, 0.2) is 5.13 Å². The molecule has 22 heavy (non-hydrogen) atoms. The first kappa shape index (κ1) is 13.9. The molecule has 6 nitrogen and oxygen atoms in total. The van der Waals surface area contributed by atoms with E-state index >= 15 is 0 Å². The van der Waals surface area contributed by atoms with Crippen LogP contribution in [0.5, 0.6) is 0 Å². The third kappa shape index (κ3) is 2.90. The molecular formula is C14H15N5OS2. The Morgan fingerprint density at radius 3 is 2.82 bits per heavy atom. The normalized spacial score (nSPS) is 16.3. The first-order valence-electron chi connectivity index (χ1n) is 7.10. The molecule has 3 aromatic rings. The molecule has 1 aliphatic heterocycles. The Morgan fingerprint density at radius 1 is 1.18 bits per heavy atom. The molecule has 4 heterocycles. The third-order valence-electron chi connectivity index (χ3n) is 3.67. The molecule has 0 spiro atoms. The van der Waals surface area contributed by atoms with Gasteiger partial charge in [-0.15, -0.1) is 11.3 Å². The van der Waals surface area contributed by atoms with Crippen molar-refractivity contribution in [2.24, 2.45) is 0 Å². The van der Waals surface area contributed by atoms with Gasteiger partial charge in [0, 0.05) is 48.7 Å². The van der Waals surface area contributed by atoms with Crippen LogP contribution in [0.25, 0.3) is 11.4 Å². The highest BCUT2D eigenvalue weighted by Gasteiger charge is 2.20. The molecule has 0 amide bonds. The Balaban J connectivity index is 1.35. The molecule has 0 radical (unpaired) electrons. The number of rotatable bonds is 4. The molecule has 4 rings (SSSR count). The number of piperazine rings is 1. The van der Waals surface area contributed by atoms with E-state index in [0.717, 1.165) is 36.9 Å². The van der Waals surface area contributed by atoms with Gasteiger partial charge >= 0.3 is 0 Å². The molecule has 114 valence electrons. The van der Waals surface area contributed by atoms with Gasteiger partial charge < -0.3 is 9.42 Å². The van der Waals surface area contributed by atoms with E-state index in [4.69, 9.17) is 4.52 Å². The number of aromatic nitrogens is 3. The van der Waals surface area contributed by atoms with Crippen molar-refractivity contribution in [1.29, 1.82) is 0 Å². The zero-order chi connectivity index (χ0) is 14.8. The van der Waals surface area contributed by atoms with Crippen molar-refractivity contribution in [3.05, 3.63) is 34.3 Å². The van der Waals surface area contributed by atoms with Crippen LogP contribution in [-0.4, -0.2) is 46.2 Å². The predicted molar refractivity (Wildman–Crippen MR) is 87.2 cm³/mol. The van der Waals surface area contributed by atoms with Crippen LogP contribution in [0.15, 0.2) is 32.9 Å². The van der Waals surface area contributed by atoms with Crippen molar-refractivity contribution in [3.63, 3.8) is 0 Å². The summed E-state index contributed by atoms with van der Waals surface area (Å²) < 4.78 is 5.37. The van der Waals surface area contributed by atoms with Crippen molar-refractivity contribution >= 4 is 27.8 Å². The molecule has 0 aliphatic carbocycles. The molecule has 1 saturated heterocycles. The Bertz CT molecular complexity index is 702. The van der Waals surface area contributed by atoms with Crippen LogP contribution < -0.4 is 4.90 Å². The molecule has 0 N–H and O–H groups in total. The molecule has 0 atom stereocenters. The summed E-state index contributed by atoms with van der Waals surface area (Å²) in [5.41, 5.74) is 1.02. The van der Waals surface area contributed by atoms with Crippen molar-refractivity contribution in [3.8, 4) is 11.4 Å². The lowest BCUT2D eigenvalue weighted by molar-refractivity contribution is 0.215. The van der Waals surface area contributed by atoms with Crippen molar-refractivity contribution in [2.45, 2.75) is 6.54 Å². The van der Waals surface area contributed by atoms with Crippen molar-refractivity contribution < 1.29 is 4.52 Å². The topological polar surface area (TPSA) is 58.3 Å². The highest BCUT2D eigenvalue weighted by molar-refractivity contribution is 7.13. The molecule has 0 bridgehead atoms. The monoisotopic (exact) mass is 333 g/mol. The average Bonchev–Trinajstić information content (AvgIpc) is 3.30. The van der Waals surface area contributed by atoms with Gasteiger partial charge in [-0.25, -0.2) is 4.98 Å².